The SMILES string of the molecule is CSc1nc2c(s1)c(/C=N\N(C)C)c(C=O)n2C1CC1.Cc1ccccc1. The second kappa shape index (κ2) is 8.71. The summed E-state index contributed by atoms with van der Waals surface area (Å²) < 4.78 is 4.19. The average molecular weight is 401 g/mol. The van der Waals surface area contributed by atoms with Gasteiger partial charge in [-0.05, 0) is 26.0 Å². The highest BCUT2D eigenvalue weighted by Crippen LogP contribution is 2.42. The number of carbonyl (C=O) groups excluding carboxylic acids is 1. The number of aldehydes is 1. The molecular formula is C20H24N4OS2. The van der Waals surface area contributed by atoms with Gasteiger partial charge in [-0.15, -0.1) is 11.3 Å². The van der Waals surface area contributed by atoms with Gasteiger partial charge in [-0.3, -0.25) is 4.79 Å². The molecule has 2 heterocycles. The van der Waals surface area contributed by atoms with Crippen LogP contribution < -0.4 is 0 Å². The van der Waals surface area contributed by atoms with E-state index in [-0.39, 0.29) is 0 Å². The maximum Gasteiger partial charge on any atom is 0.167 e. The molecular weight excluding hydrogens is 376 g/mol. The summed E-state index contributed by atoms with van der Waals surface area (Å²) in [6.45, 7) is 2.08. The van der Waals surface area contributed by atoms with Crippen LogP contribution in [0.4, 0.5) is 0 Å². The molecule has 0 saturated heterocycles. The maximum atomic E-state index is 11.5. The molecule has 1 aromatic carbocycles. The molecule has 1 fully saturated rings. The number of thioether (sulfide) groups is 1. The Bertz CT molecular complexity index is 940. The highest BCUT2D eigenvalue weighted by atomic mass is 32.2. The molecule has 0 N–H and O–H groups in total. The van der Waals surface area contributed by atoms with Crippen molar-refractivity contribution >= 4 is 45.9 Å². The van der Waals surface area contributed by atoms with Crippen LogP contribution >= 0.6 is 23.1 Å². The van der Waals surface area contributed by atoms with Gasteiger partial charge in [0.05, 0.1) is 16.6 Å². The van der Waals surface area contributed by atoms with Crippen LogP contribution in [0.1, 0.15) is 40.5 Å². The number of aryl methyl sites for hydroxylation is 1. The first-order chi connectivity index (χ1) is 13.0. The van der Waals surface area contributed by atoms with Gasteiger partial charge in [0.1, 0.15) is 0 Å². The van der Waals surface area contributed by atoms with Gasteiger partial charge in [-0.25, -0.2) is 4.98 Å². The fourth-order valence-electron chi connectivity index (χ4n) is 2.73. The Kier molecular flexibility index (Phi) is 6.34. The van der Waals surface area contributed by atoms with Crippen molar-refractivity contribution in [3.63, 3.8) is 0 Å². The lowest BCUT2D eigenvalue weighted by Crippen LogP contribution is -2.04. The number of benzene rings is 1. The molecule has 0 unspecified atom stereocenters. The molecule has 0 aliphatic heterocycles. The molecule has 1 saturated carbocycles. The first-order valence-corrected chi connectivity index (χ1v) is 10.9. The number of rotatable bonds is 5. The van der Waals surface area contributed by atoms with E-state index in [9.17, 15) is 4.79 Å². The van der Waals surface area contributed by atoms with E-state index < -0.39 is 0 Å². The van der Waals surface area contributed by atoms with Crippen molar-refractivity contribution in [1.82, 2.24) is 14.6 Å². The third-order valence-corrected chi connectivity index (χ3v) is 6.22. The summed E-state index contributed by atoms with van der Waals surface area (Å²) in [5.41, 5.74) is 3.86. The van der Waals surface area contributed by atoms with E-state index in [0.29, 0.717) is 11.7 Å². The lowest BCUT2D eigenvalue weighted by molar-refractivity contribution is 0.111. The average Bonchev–Trinajstić information content (AvgIpc) is 3.33. The molecule has 0 radical (unpaired) electrons. The van der Waals surface area contributed by atoms with Gasteiger partial charge in [0, 0.05) is 25.7 Å². The monoisotopic (exact) mass is 400 g/mol. The van der Waals surface area contributed by atoms with Crippen LogP contribution in [0, 0.1) is 6.92 Å². The fourth-order valence-corrected chi connectivity index (χ4v) is 4.30. The summed E-state index contributed by atoms with van der Waals surface area (Å²) in [4.78, 5) is 16.2. The molecule has 0 amide bonds. The molecule has 5 nitrogen and oxygen atoms in total. The normalized spacial score (nSPS) is 13.6. The minimum Gasteiger partial charge on any atom is -0.319 e. The maximum absolute atomic E-state index is 11.5. The minimum atomic E-state index is 0.427. The Morgan fingerprint density at radius 1 is 1.30 bits per heavy atom. The highest BCUT2D eigenvalue weighted by molar-refractivity contribution is 8.00. The first-order valence-electron chi connectivity index (χ1n) is 8.82. The third kappa shape index (κ3) is 4.59. The zero-order valence-electron chi connectivity index (χ0n) is 16.0. The van der Waals surface area contributed by atoms with E-state index in [0.717, 1.165) is 39.4 Å². The second-order valence-electron chi connectivity index (χ2n) is 6.60. The number of carbonyl (C=O) groups is 1. The van der Waals surface area contributed by atoms with Gasteiger partial charge in [0.2, 0.25) is 0 Å². The largest absolute Gasteiger partial charge is 0.319 e. The van der Waals surface area contributed by atoms with Crippen LogP contribution in [0.25, 0.3) is 10.3 Å². The van der Waals surface area contributed by atoms with E-state index in [4.69, 9.17) is 0 Å². The van der Waals surface area contributed by atoms with Crippen molar-refractivity contribution in [3.05, 3.63) is 47.2 Å². The van der Waals surface area contributed by atoms with Gasteiger partial charge in [0.15, 0.2) is 16.3 Å². The molecule has 7 heteroatoms. The van der Waals surface area contributed by atoms with Crippen LogP contribution in [-0.4, -0.2) is 47.4 Å². The molecule has 142 valence electrons. The summed E-state index contributed by atoms with van der Waals surface area (Å²) in [6, 6.07) is 10.7. The Hall–Kier alpha value is -2.12. The molecule has 3 aromatic rings. The van der Waals surface area contributed by atoms with Crippen molar-refractivity contribution in [2.45, 2.75) is 30.1 Å². The van der Waals surface area contributed by atoms with Crippen molar-refractivity contribution in [2.24, 2.45) is 5.10 Å². The Morgan fingerprint density at radius 3 is 2.48 bits per heavy atom. The summed E-state index contributed by atoms with van der Waals surface area (Å²) in [5.74, 6) is 0. The van der Waals surface area contributed by atoms with Gasteiger partial charge in [-0.1, -0.05) is 47.7 Å². The number of hydrogen-bond acceptors (Lipinski definition) is 6. The fraction of sp³-hybridized carbons (Fsp3) is 0.350. The van der Waals surface area contributed by atoms with E-state index in [2.05, 4.69) is 33.7 Å². The quantitative estimate of drug-likeness (QED) is 0.266. The molecule has 2 aromatic heterocycles. The summed E-state index contributed by atoms with van der Waals surface area (Å²) in [6.07, 6.45) is 6.98. The number of thiazole rings is 1. The van der Waals surface area contributed by atoms with Crippen LogP contribution in [-0.2, 0) is 0 Å². The number of aromatic nitrogens is 2. The van der Waals surface area contributed by atoms with Crippen LogP contribution in [0.15, 0.2) is 39.8 Å². The summed E-state index contributed by atoms with van der Waals surface area (Å²) in [5, 5.41) is 6.02. The molecule has 1 aliphatic rings. The van der Waals surface area contributed by atoms with Gasteiger partial charge in [0.25, 0.3) is 0 Å². The van der Waals surface area contributed by atoms with Crippen molar-refractivity contribution in [1.29, 1.82) is 0 Å². The van der Waals surface area contributed by atoms with Gasteiger partial charge < -0.3 is 9.58 Å². The summed E-state index contributed by atoms with van der Waals surface area (Å²) in [7, 11) is 3.73. The number of fused-ring (bicyclic) bond motifs is 1. The highest BCUT2D eigenvalue weighted by Gasteiger charge is 2.31. The number of hydrazone groups is 1. The minimum absolute atomic E-state index is 0.427. The van der Waals surface area contributed by atoms with Gasteiger partial charge in [-0.2, -0.15) is 5.10 Å². The van der Waals surface area contributed by atoms with Gasteiger partial charge >= 0.3 is 0 Å². The van der Waals surface area contributed by atoms with Crippen molar-refractivity contribution < 1.29 is 4.79 Å². The predicted octanol–water partition coefficient (Wildman–Crippen LogP) is 4.86. The topological polar surface area (TPSA) is 50.5 Å². The standard InChI is InChI=1S/C13H16N4OS2.C7H8/c1-16(2)14-6-9-10(7-18)17(8-4-5-8)12-11(9)20-13(15-12)19-3;1-7-5-3-2-4-6-7/h6-8H,4-5H2,1-3H3;2-6H,1H3/b14-6-;. The molecule has 0 spiro atoms. The Labute approximate surface area is 168 Å². The smallest absolute Gasteiger partial charge is 0.167 e. The second-order valence-corrected chi connectivity index (χ2v) is 8.65. The van der Waals surface area contributed by atoms with Crippen LogP contribution in [0.3, 0.4) is 0 Å². The first kappa shape index (κ1) is 19.6. The van der Waals surface area contributed by atoms with E-state index >= 15 is 0 Å². The molecule has 4 rings (SSSR count). The van der Waals surface area contributed by atoms with E-state index in [1.807, 2.05) is 38.6 Å². The zero-order valence-corrected chi connectivity index (χ0v) is 17.7. The predicted molar refractivity (Wildman–Crippen MR) is 116 cm³/mol. The van der Waals surface area contributed by atoms with Crippen LogP contribution in [0.2, 0.25) is 0 Å². The van der Waals surface area contributed by atoms with E-state index in [1.54, 1.807) is 34.3 Å². The lowest BCUT2D eigenvalue weighted by atomic mass is 10.2. The van der Waals surface area contributed by atoms with Crippen molar-refractivity contribution in [2.75, 3.05) is 20.4 Å². The lowest BCUT2D eigenvalue weighted by Gasteiger charge is -2.04. The molecule has 27 heavy (non-hydrogen) atoms. The third-order valence-electron chi connectivity index (χ3n) is 4.15. The molecule has 1 aliphatic carbocycles. The van der Waals surface area contributed by atoms with E-state index in [1.165, 1.54) is 5.56 Å². The van der Waals surface area contributed by atoms with Crippen molar-refractivity contribution in [3.8, 4) is 0 Å². The van der Waals surface area contributed by atoms with Crippen LogP contribution in [0.5, 0.6) is 0 Å². The molecule has 0 atom stereocenters. The summed E-state index contributed by atoms with van der Waals surface area (Å²) >= 11 is 3.27. The Morgan fingerprint density at radius 2 is 2.00 bits per heavy atom. The zero-order chi connectivity index (χ0) is 19.4. The Balaban J connectivity index is 0.000000253. The molecule has 0 bridgehead atoms. The number of nitrogens with zero attached hydrogens (tertiary/aromatic N) is 4. The number of hydrogen-bond donors (Lipinski definition) is 0.